The Morgan fingerprint density at radius 2 is 1.86 bits per heavy atom. The zero-order chi connectivity index (χ0) is 14.9. The van der Waals surface area contributed by atoms with Crippen LogP contribution >= 0.6 is 0 Å². The number of rotatable bonds is 5. The minimum Gasteiger partial charge on any atom is -0.467 e. The van der Waals surface area contributed by atoms with E-state index >= 15 is 0 Å². The Morgan fingerprint density at radius 3 is 2.48 bits per heavy atom. The molecule has 1 fully saturated rings. The second-order valence-corrected chi connectivity index (χ2v) is 4.98. The molecule has 1 aromatic heterocycles. The lowest BCUT2D eigenvalue weighted by Gasteiger charge is -2.09. The van der Waals surface area contributed by atoms with Gasteiger partial charge >= 0.3 is 6.36 Å². The highest BCUT2D eigenvalue weighted by Gasteiger charge is 2.31. The molecule has 3 nitrogen and oxygen atoms in total. The molecule has 3 rings (SSSR count). The average molecular weight is 297 g/mol. The Kier molecular flexibility index (Phi) is 3.63. The van der Waals surface area contributed by atoms with Crippen LogP contribution in [-0.2, 0) is 6.54 Å². The van der Waals surface area contributed by atoms with Gasteiger partial charge in [-0.05, 0) is 36.6 Å². The fraction of sp³-hybridized carbons (Fsp3) is 0.333. The van der Waals surface area contributed by atoms with E-state index < -0.39 is 6.36 Å². The van der Waals surface area contributed by atoms with Gasteiger partial charge in [-0.2, -0.15) is 0 Å². The first-order valence-corrected chi connectivity index (χ1v) is 6.67. The zero-order valence-corrected chi connectivity index (χ0v) is 11.1. The predicted molar refractivity (Wildman–Crippen MR) is 70.7 cm³/mol. The van der Waals surface area contributed by atoms with Gasteiger partial charge in [0.2, 0.25) is 0 Å². The first-order chi connectivity index (χ1) is 10.0. The lowest BCUT2D eigenvalue weighted by molar-refractivity contribution is -0.274. The van der Waals surface area contributed by atoms with Crippen molar-refractivity contribution in [3.63, 3.8) is 0 Å². The second-order valence-electron chi connectivity index (χ2n) is 4.98. The molecule has 112 valence electrons. The molecule has 2 aromatic rings. The number of alkyl halides is 3. The lowest BCUT2D eigenvalue weighted by atomic mass is 10.1. The second kappa shape index (κ2) is 5.44. The normalized spacial score (nSPS) is 15.2. The van der Waals surface area contributed by atoms with Crippen molar-refractivity contribution in [2.24, 2.45) is 0 Å². The molecule has 0 saturated heterocycles. The third-order valence-corrected chi connectivity index (χ3v) is 3.27. The van der Waals surface area contributed by atoms with E-state index in [1.54, 1.807) is 18.4 Å². The van der Waals surface area contributed by atoms with Gasteiger partial charge in [0.05, 0.1) is 12.8 Å². The third kappa shape index (κ3) is 3.78. The molecule has 1 N–H and O–H groups in total. The number of nitrogens with one attached hydrogen (secondary N) is 1. The molecule has 0 radical (unpaired) electrons. The van der Waals surface area contributed by atoms with Gasteiger partial charge in [-0.1, -0.05) is 12.1 Å². The summed E-state index contributed by atoms with van der Waals surface area (Å²) in [4.78, 5) is 0. The number of furan rings is 1. The first kappa shape index (κ1) is 14.0. The Bertz CT molecular complexity index is 600. The minimum absolute atomic E-state index is 0.229. The maximum Gasteiger partial charge on any atom is 0.573 e. The van der Waals surface area contributed by atoms with Crippen LogP contribution in [0.25, 0.3) is 11.1 Å². The quantitative estimate of drug-likeness (QED) is 0.902. The molecule has 0 bridgehead atoms. The molecule has 6 heteroatoms. The van der Waals surface area contributed by atoms with Gasteiger partial charge in [-0.3, -0.25) is 0 Å². The van der Waals surface area contributed by atoms with Crippen LogP contribution in [0.2, 0.25) is 0 Å². The highest BCUT2D eigenvalue weighted by Crippen LogP contribution is 2.29. The Balaban J connectivity index is 1.72. The van der Waals surface area contributed by atoms with Crippen molar-refractivity contribution >= 4 is 0 Å². The van der Waals surface area contributed by atoms with E-state index in [2.05, 4.69) is 10.1 Å². The summed E-state index contributed by atoms with van der Waals surface area (Å²) in [7, 11) is 0. The molecule has 1 saturated carbocycles. The van der Waals surface area contributed by atoms with Gasteiger partial charge < -0.3 is 14.5 Å². The summed E-state index contributed by atoms with van der Waals surface area (Å²) >= 11 is 0. The van der Waals surface area contributed by atoms with Gasteiger partial charge in [0.1, 0.15) is 11.5 Å². The summed E-state index contributed by atoms with van der Waals surface area (Å²) in [6.45, 7) is 0.619. The Morgan fingerprint density at radius 1 is 1.14 bits per heavy atom. The number of ether oxygens (including phenoxy) is 1. The van der Waals surface area contributed by atoms with Crippen LogP contribution < -0.4 is 10.1 Å². The van der Waals surface area contributed by atoms with Crippen molar-refractivity contribution in [2.75, 3.05) is 0 Å². The summed E-state index contributed by atoms with van der Waals surface area (Å²) in [6, 6.07) is 8.15. The van der Waals surface area contributed by atoms with E-state index in [9.17, 15) is 13.2 Å². The molecule has 0 atom stereocenters. The third-order valence-electron chi connectivity index (χ3n) is 3.27. The van der Waals surface area contributed by atoms with Crippen LogP contribution in [0, 0.1) is 0 Å². The maximum absolute atomic E-state index is 12.1. The summed E-state index contributed by atoms with van der Waals surface area (Å²) in [5.74, 6) is 0.554. The highest BCUT2D eigenvalue weighted by molar-refractivity contribution is 5.66. The van der Waals surface area contributed by atoms with Gasteiger partial charge in [0.25, 0.3) is 0 Å². The van der Waals surface area contributed by atoms with E-state index in [4.69, 9.17) is 4.42 Å². The average Bonchev–Trinajstić information content (AvgIpc) is 3.13. The largest absolute Gasteiger partial charge is 0.573 e. The monoisotopic (exact) mass is 297 g/mol. The van der Waals surface area contributed by atoms with Crippen LogP contribution in [0.5, 0.6) is 5.75 Å². The van der Waals surface area contributed by atoms with E-state index in [1.807, 2.05) is 6.07 Å². The zero-order valence-electron chi connectivity index (χ0n) is 11.1. The van der Waals surface area contributed by atoms with Crippen molar-refractivity contribution in [3.8, 4) is 16.9 Å². The molecule has 1 heterocycles. The molecule has 1 aromatic carbocycles. The lowest BCUT2D eigenvalue weighted by Crippen LogP contribution is -2.17. The number of hydrogen-bond acceptors (Lipinski definition) is 3. The minimum atomic E-state index is -4.67. The molecule has 0 aliphatic heterocycles. The fourth-order valence-corrected chi connectivity index (χ4v) is 2.10. The first-order valence-electron chi connectivity index (χ1n) is 6.67. The van der Waals surface area contributed by atoms with Gasteiger partial charge in [0.15, 0.2) is 0 Å². The predicted octanol–water partition coefficient (Wildman–Crippen LogP) is 4.10. The standard InChI is InChI=1S/C15H14F3NO2/c16-15(17,18)21-12-5-1-10(2-6-12)13-7-8-20-14(13)9-19-11-3-4-11/h1-2,5-8,11,19H,3-4,9H2. The van der Waals surface area contributed by atoms with Crippen molar-refractivity contribution < 1.29 is 22.3 Å². The topological polar surface area (TPSA) is 34.4 Å². The molecule has 1 aliphatic rings. The molecular formula is C15H14F3NO2. The van der Waals surface area contributed by atoms with Crippen molar-refractivity contribution in [1.82, 2.24) is 5.32 Å². The van der Waals surface area contributed by atoms with E-state index in [-0.39, 0.29) is 5.75 Å². The summed E-state index contributed by atoms with van der Waals surface area (Å²) in [5.41, 5.74) is 1.67. The molecule has 21 heavy (non-hydrogen) atoms. The van der Waals surface area contributed by atoms with Gasteiger partial charge in [-0.25, -0.2) is 0 Å². The highest BCUT2D eigenvalue weighted by atomic mass is 19.4. The van der Waals surface area contributed by atoms with Crippen LogP contribution in [0.4, 0.5) is 13.2 Å². The van der Waals surface area contributed by atoms with Gasteiger partial charge in [-0.15, -0.1) is 13.2 Å². The van der Waals surface area contributed by atoms with E-state index in [1.165, 1.54) is 25.0 Å². The van der Waals surface area contributed by atoms with Crippen LogP contribution in [-0.4, -0.2) is 12.4 Å². The van der Waals surface area contributed by atoms with Crippen LogP contribution in [0.15, 0.2) is 41.0 Å². The molecule has 0 amide bonds. The summed E-state index contributed by atoms with van der Waals surface area (Å²) in [5, 5.41) is 3.34. The van der Waals surface area contributed by atoms with Crippen LogP contribution in [0.1, 0.15) is 18.6 Å². The Hall–Kier alpha value is -1.95. The van der Waals surface area contributed by atoms with Crippen molar-refractivity contribution in [1.29, 1.82) is 0 Å². The fourth-order valence-electron chi connectivity index (χ4n) is 2.10. The van der Waals surface area contributed by atoms with Gasteiger partial charge in [0, 0.05) is 11.6 Å². The van der Waals surface area contributed by atoms with Crippen molar-refractivity contribution in [2.45, 2.75) is 31.8 Å². The maximum atomic E-state index is 12.1. The molecule has 0 unspecified atom stereocenters. The van der Waals surface area contributed by atoms with E-state index in [0.717, 1.165) is 16.9 Å². The summed E-state index contributed by atoms with van der Waals surface area (Å²) in [6.07, 6.45) is -0.727. The summed E-state index contributed by atoms with van der Waals surface area (Å²) < 4.78 is 45.6. The van der Waals surface area contributed by atoms with Crippen LogP contribution in [0.3, 0.4) is 0 Å². The Labute approximate surface area is 119 Å². The SMILES string of the molecule is FC(F)(F)Oc1ccc(-c2ccoc2CNC2CC2)cc1. The number of hydrogen-bond donors (Lipinski definition) is 1. The molecule has 0 spiro atoms. The molecule has 1 aliphatic carbocycles. The smallest absolute Gasteiger partial charge is 0.467 e. The van der Waals surface area contributed by atoms with E-state index in [0.29, 0.717) is 12.6 Å². The number of benzene rings is 1. The number of halogens is 3. The van der Waals surface area contributed by atoms with Crippen molar-refractivity contribution in [3.05, 3.63) is 42.4 Å². The molecular weight excluding hydrogens is 283 g/mol.